The second-order valence-corrected chi connectivity index (χ2v) is 13.4. The fourth-order valence-corrected chi connectivity index (χ4v) is 5.38. The zero-order valence-electron chi connectivity index (χ0n) is 25.8. The van der Waals surface area contributed by atoms with Crippen LogP contribution in [0, 0.1) is 6.92 Å². The Morgan fingerprint density at radius 1 is 0.927 bits per heavy atom. The zero-order chi connectivity index (χ0) is 30.3. The number of hydrogen-bond donors (Lipinski definition) is 2. The number of likely N-dealkylation sites (N-methyl/N-ethyl adjacent to an activating group) is 1. The molecule has 0 aliphatic rings. The molecule has 232 valence electrons. The molecule has 2 rings (SSSR count). The number of phosphoric ester groups is 1. The number of carbonyl (C=O) groups is 1. The average Bonchev–Trinajstić information content (AvgIpc) is 2.86. The summed E-state index contributed by atoms with van der Waals surface area (Å²) in [6, 6.07) is 4.29. The summed E-state index contributed by atoms with van der Waals surface area (Å²) < 4.78 is 29.0. The van der Waals surface area contributed by atoms with Gasteiger partial charge in [0.2, 0.25) is 5.91 Å². The average molecular weight is 596 g/mol. The SMILES string of the molecule is CCCCCCCCCCCCCCCC(=O)Nc1cc2c(C)cc(=O)oc2cc1OP(=O)(O)OCC[N+](C)(C)C. The lowest BCUT2D eigenvalue weighted by Gasteiger charge is -2.24. The summed E-state index contributed by atoms with van der Waals surface area (Å²) in [5.41, 5.74) is 0.511. The van der Waals surface area contributed by atoms with Crippen LogP contribution in [0.2, 0.25) is 0 Å². The number of carbonyl (C=O) groups excluding carboxylic acids is 1. The smallest absolute Gasteiger partial charge is 0.423 e. The molecule has 1 heterocycles. The van der Waals surface area contributed by atoms with E-state index in [4.69, 9.17) is 13.5 Å². The van der Waals surface area contributed by atoms with Crippen molar-refractivity contribution in [1.82, 2.24) is 0 Å². The summed E-state index contributed by atoms with van der Waals surface area (Å²) in [4.78, 5) is 35.0. The topological polar surface area (TPSA) is 115 Å². The molecule has 0 spiro atoms. The van der Waals surface area contributed by atoms with E-state index in [2.05, 4.69) is 12.2 Å². The minimum atomic E-state index is -4.50. The van der Waals surface area contributed by atoms with Crippen molar-refractivity contribution in [3.8, 4) is 5.75 Å². The van der Waals surface area contributed by atoms with Gasteiger partial charge >= 0.3 is 13.4 Å². The molecule has 0 saturated carbocycles. The number of anilines is 1. The Morgan fingerprint density at radius 3 is 2.05 bits per heavy atom. The number of aryl methyl sites for hydroxylation is 1. The minimum absolute atomic E-state index is 0.000208. The minimum Gasteiger partial charge on any atom is -0.423 e. The van der Waals surface area contributed by atoms with E-state index in [0.717, 1.165) is 19.3 Å². The number of benzene rings is 1. The van der Waals surface area contributed by atoms with E-state index in [1.54, 1.807) is 13.0 Å². The first-order valence-electron chi connectivity index (χ1n) is 15.3. The fourth-order valence-electron chi connectivity index (χ4n) is 4.62. The second-order valence-electron chi connectivity index (χ2n) is 12.0. The number of rotatable bonds is 21. The summed E-state index contributed by atoms with van der Waals surface area (Å²) in [5.74, 6) is -0.313. The molecule has 0 aliphatic heterocycles. The molecule has 2 N–H and O–H groups in total. The Balaban J connectivity index is 1.88. The van der Waals surface area contributed by atoms with Crippen LogP contribution in [0.1, 0.15) is 102 Å². The van der Waals surface area contributed by atoms with Gasteiger partial charge in [0.15, 0.2) is 5.75 Å². The van der Waals surface area contributed by atoms with E-state index < -0.39 is 13.4 Å². The van der Waals surface area contributed by atoms with Crippen molar-refractivity contribution in [2.45, 2.75) is 104 Å². The summed E-state index contributed by atoms with van der Waals surface area (Å²) in [6.07, 6.45) is 16.3. The molecule has 1 aromatic heterocycles. The van der Waals surface area contributed by atoms with Crippen LogP contribution in [0.15, 0.2) is 27.4 Å². The van der Waals surface area contributed by atoms with Crippen LogP contribution in [0.3, 0.4) is 0 Å². The van der Waals surface area contributed by atoms with Crippen LogP contribution in [-0.2, 0) is 13.9 Å². The molecule has 0 fully saturated rings. The van der Waals surface area contributed by atoms with Gasteiger partial charge in [0.05, 0.1) is 26.8 Å². The third kappa shape index (κ3) is 14.5. The highest BCUT2D eigenvalue weighted by atomic mass is 31.2. The quantitative estimate of drug-likeness (QED) is 0.0657. The lowest BCUT2D eigenvalue weighted by molar-refractivity contribution is -0.870. The highest BCUT2D eigenvalue weighted by Gasteiger charge is 2.27. The Kier molecular flexibility index (Phi) is 15.1. The number of nitrogens with zero attached hydrogens (tertiary/aromatic N) is 1. The van der Waals surface area contributed by atoms with Gasteiger partial charge < -0.3 is 18.7 Å². The lowest BCUT2D eigenvalue weighted by atomic mass is 10.0. The number of fused-ring (bicyclic) bond motifs is 1. The van der Waals surface area contributed by atoms with Gasteiger partial charge in [-0.15, -0.1) is 0 Å². The molecule has 1 atom stereocenters. The van der Waals surface area contributed by atoms with Crippen molar-refractivity contribution >= 4 is 30.4 Å². The van der Waals surface area contributed by atoms with Crippen LogP contribution in [0.5, 0.6) is 5.75 Å². The van der Waals surface area contributed by atoms with Crippen molar-refractivity contribution in [2.75, 3.05) is 39.6 Å². The van der Waals surface area contributed by atoms with E-state index in [1.165, 1.54) is 76.3 Å². The number of hydrogen-bond acceptors (Lipinski definition) is 6. The molecule has 1 aromatic carbocycles. The summed E-state index contributed by atoms with van der Waals surface area (Å²) in [7, 11) is 1.30. The third-order valence-electron chi connectivity index (χ3n) is 7.06. The first kappa shape index (κ1) is 35.0. The van der Waals surface area contributed by atoms with Crippen LogP contribution >= 0.6 is 7.82 Å². The largest absolute Gasteiger partial charge is 0.527 e. The molecular weight excluding hydrogens is 543 g/mol. The van der Waals surface area contributed by atoms with Gasteiger partial charge in [-0.2, -0.15) is 0 Å². The highest BCUT2D eigenvalue weighted by molar-refractivity contribution is 7.47. The predicted molar refractivity (Wildman–Crippen MR) is 165 cm³/mol. The van der Waals surface area contributed by atoms with Crippen molar-refractivity contribution in [3.05, 3.63) is 34.2 Å². The Bertz CT molecular complexity index is 1190. The normalized spacial score (nSPS) is 13.3. The molecule has 9 nitrogen and oxygen atoms in total. The molecule has 0 aliphatic carbocycles. The van der Waals surface area contributed by atoms with E-state index in [0.29, 0.717) is 28.4 Å². The summed E-state index contributed by atoms with van der Waals surface area (Å²) in [5, 5.41) is 3.41. The van der Waals surface area contributed by atoms with Crippen molar-refractivity contribution in [2.24, 2.45) is 0 Å². The molecular formula is C31H52N2O7P+. The number of phosphoric acid groups is 1. The maximum Gasteiger partial charge on any atom is 0.527 e. The van der Waals surface area contributed by atoms with Gasteiger partial charge in [-0.25, -0.2) is 9.36 Å². The molecule has 0 bridgehead atoms. The van der Waals surface area contributed by atoms with Gasteiger partial charge in [0.25, 0.3) is 0 Å². The molecule has 0 radical (unpaired) electrons. The van der Waals surface area contributed by atoms with Crippen molar-refractivity contribution < 1.29 is 32.2 Å². The molecule has 10 heteroatoms. The number of nitrogens with one attached hydrogen (secondary N) is 1. The number of amides is 1. The maximum absolute atomic E-state index is 12.8. The molecule has 2 aromatic rings. The maximum atomic E-state index is 12.8. The van der Waals surface area contributed by atoms with Crippen LogP contribution in [-0.4, -0.2) is 49.6 Å². The Hall–Kier alpha value is -2.19. The number of quaternary nitrogens is 1. The van der Waals surface area contributed by atoms with Gasteiger partial charge in [-0.3, -0.25) is 14.2 Å². The molecule has 1 amide bonds. The van der Waals surface area contributed by atoms with E-state index >= 15 is 0 Å². The van der Waals surface area contributed by atoms with Crippen LogP contribution in [0.4, 0.5) is 5.69 Å². The van der Waals surface area contributed by atoms with Gasteiger partial charge in [0.1, 0.15) is 18.7 Å². The van der Waals surface area contributed by atoms with Crippen molar-refractivity contribution in [1.29, 1.82) is 0 Å². The Morgan fingerprint density at radius 2 is 1.49 bits per heavy atom. The van der Waals surface area contributed by atoms with E-state index in [1.807, 2.05) is 21.1 Å². The first-order chi connectivity index (χ1) is 19.4. The molecule has 0 saturated heterocycles. The molecule has 1 unspecified atom stereocenters. The highest BCUT2D eigenvalue weighted by Crippen LogP contribution is 2.47. The van der Waals surface area contributed by atoms with Gasteiger partial charge in [-0.1, -0.05) is 84.0 Å². The van der Waals surface area contributed by atoms with E-state index in [-0.39, 0.29) is 29.5 Å². The Labute approximate surface area is 245 Å². The van der Waals surface area contributed by atoms with Crippen LogP contribution < -0.4 is 15.5 Å². The standard InChI is InChI=1S/C31H51N2O7P/c1-6-7-8-9-10-11-12-13-14-15-16-17-18-19-30(34)32-27-23-26-25(2)22-31(35)39-28(26)24-29(27)40-41(36,37)38-21-20-33(3,4)5/h22-24H,6-21H2,1-5H3,(H-,32,34,36,37)/p+1. The predicted octanol–water partition coefficient (Wildman–Crippen LogP) is 7.72. The van der Waals surface area contributed by atoms with Crippen LogP contribution in [0.25, 0.3) is 11.0 Å². The van der Waals surface area contributed by atoms with Gasteiger partial charge in [-0.05, 0) is 25.0 Å². The summed E-state index contributed by atoms with van der Waals surface area (Å²) >= 11 is 0. The third-order valence-corrected chi connectivity index (χ3v) is 8.00. The fraction of sp³-hybridized carbons (Fsp3) is 0.677. The molecule has 41 heavy (non-hydrogen) atoms. The lowest BCUT2D eigenvalue weighted by Crippen LogP contribution is -2.37. The first-order valence-corrected chi connectivity index (χ1v) is 16.8. The van der Waals surface area contributed by atoms with Crippen molar-refractivity contribution in [3.63, 3.8) is 0 Å². The second kappa shape index (κ2) is 17.7. The van der Waals surface area contributed by atoms with E-state index in [9.17, 15) is 19.0 Å². The monoisotopic (exact) mass is 595 g/mol. The van der Waals surface area contributed by atoms with Gasteiger partial charge in [0, 0.05) is 23.9 Å². The number of unbranched alkanes of at least 4 members (excludes halogenated alkanes) is 12. The zero-order valence-corrected chi connectivity index (χ0v) is 26.7. The summed E-state index contributed by atoms with van der Waals surface area (Å²) in [6.45, 7) is 4.49.